The van der Waals surface area contributed by atoms with Crippen LogP contribution in [0.5, 0.6) is 0 Å². The molecule has 0 unspecified atom stereocenters. The summed E-state index contributed by atoms with van der Waals surface area (Å²) in [6.07, 6.45) is 1.21. The molecule has 1 N–H and O–H groups in total. The summed E-state index contributed by atoms with van der Waals surface area (Å²) in [6.45, 7) is 3.28. The predicted octanol–water partition coefficient (Wildman–Crippen LogP) is 3.66. The number of ether oxygens (including phenoxy) is 1. The molecule has 0 aromatic heterocycles. The Kier molecular flexibility index (Phi) is 6.43. The van der Waals surface area contributed by atoms with Crippen LogP contribution in [0.2, 0.25) is 0 Å². The van der Waals surface area contributed by atoms with Crippen molar-refractivity contribution in [1.82, 2.24) is 5.32 Å². The third kappa shape index (κ3) is 6.05. The number of nitrogens with one attached hydrogen (secondary N) is 1. The Balaban J connectivity index is 2.47. The van der Waals surface area contributed by atoms with Gasteiger partial charge in [0, 0.05) is 6.54 Å². The fraction of sp³-hybridized carbons (Fsp3) is 1.00. The van der Waals surface area contributed by atoms with E-state index in [2.05, 4.69) is 5.32 Å². The summed E-state index contributed by atoms with van der Waals surface area (Å²) < 4.78 is 42.2. The zero-order valence-electron chi connectivity index (χ0n) is 11.1. The predicted molar refractivity (Wildman–Crippen MR) is 65.6 cm³/mol. The molecule has 0 saturated heterocycles. The van der Waals surface area contributed by atoms with Gasteiger partial charge in [-0.05, 0) is 19.4 Å². The second-order valence-electron chi connectivity index (χ2n) is 5.09. The summed E-state index contributed by atoms with van der Waals surface area (Å²) in [5, 5.41) is 3.23. The van der Waals surface area contributed by atoms with Crippen LogP contribution in [0.25, 0.3) is 0 Å². The van der Waals surface area contributed by atoms with Crippen molar-refractivity contribution < 1.29 is 17.9 Å². The summed E-state index contributed by atoms with van der Waals surface area (Å²) in [5.74, 6) is 0. The lowest BCUT2D eigenvalue weighted by molar-refractivity contribution is -0.159. The highest BCUT2D eigenvalue weighted by Gasteiger charge is 2.34. The summed E-state index contributed by atoms with van der Waals surface area (Å²) in [5.41, 5.74) is -0.377. The van der Waals surface area contributed by atoms with Crippen molar-refractivity contribution >= 4 is 0 Å². The van der Waals surface area contributed by atoms with Gasteiger partial charge < -0.3 is 10.1 Å². The Morgan fingerprint density at radius 3 is 2.22 bits per heavy atom. The van der Waals surface area contributed by atoms with Crippen LogP contribution in [0.1, 0.15) is 51.9 Å². The van der Waals surface area contributed by atoms with Crippen LogP contribution in [-0.4, -0.2) is 31.5 Å². The molecule has 1 aliphatic rings. The van der Waals surface area contributed by atoms with Crippen LogP contribution in [0, 0.1) is 0 Å². The lowest BCUT2D eigenvalue weighted by atomic mass is 9.94. The second kappa shape index (κ2) is 7.34. The van der Waals surface area contributed by atoms with Crippen molar-refractivity contribution in [3.8, 4) is 0 Å². The van der Waals surface area contributed by atoms with Crippen molar-refractivity contribution in [2.24, 2.45) is 0 Å². The van der Waals surface area contributed by atoms with E-state index in [1.807, 2.05) is 6.92 Å². The minimum absolute atomic E-state index is 0.213. The first-order chi connectivity index (χ1) is 8.47. The van der Waals surface area contributed by atoms with Crippen LogP contribution in [0.15, 0.2) is 0 Å². The fourth-order valence-electron chi connectivity index (χ4n) is 2.48. The molecule has 18 heavy (non-hydrogen) atoms. The average molecular weight is 267 g/mol. The van der Waals surface area contributed by atoms with Gasteiger partial charge in [0.25, 0.3) is 0 Å². The highest BCUT2D eigenvalue weighted by Crippen LogP contribution is 2.31. The Morgan fingerprint density at radius 1 is 1.11 bits per heavy atom. The van der Waals surface area contributed by atoms with E-state index in [0.717, 1.165) is 45.1 Å². The lowest BCUT2D eigenvalue weighted by Gasteiger charge is -2.33. The maximum Gasteiger partial charge on any atom is 0.391 e. The summed E-state index contributed by atoms with van der Waals surface area (Å²) >= 11 is 0. The molecule has 0 aromatic rings. The Hall–Kier alpha value is -0.290. The average Bonchev–Trinajstić information content (AvgIpc) is 2.51. The topological polar surface area (TPSA) is 21.3 Å². The molecule has 108 valence electrons. The molecule has 0 amide bonds. The van der Waals surface area contributed by atoms with Crippen molar-refractivity contribution in [2.75, 3.05) is 19.7 Å². The van der Waals surface area contributed by atoms with Gasteiger partial charge in [0.2, 0.25) is 0 Å². The van der Waals surface area contributed by atoms with Gasteiger partial charge in [0.15, 0.2) is 0 Å². The van der Waals surface area contributed by atoms with Gasteiger partial charge in [0.05, 0.1) is 18.6 Å². The van der Waals surface area contributed by atoms with E-state index in [1.54, 1.807) is 0 Å². The van der Waals surface area contributed by atoms with E-state index in [1.165, 1.54) is 0 Å². The van der Waals surface area contributed by atoms with Crippen LogP contribution in [0.4, 0.5) is 13.2 Å². The number of rotatable bonds is 6. The molecule has 0 radical (unpaired) electrons. The smallest absolute Gasteiger partial charge is 0.373 e. The molecule has 1 aliphatic carbocycles. The largest absolute Gasteiger partial charge is 0.391 e. The number of halogens is 3. The second-order valence-corrected chi connectivity index (χ2v) is 5.09. The minimum Gasteiger partial charge on any atom is -0.373 e. The van der Waals surface area contributed by atoms with Crippen LogP contribution in [-0.2, 0) is 4.74 Å². The van der Waals surface area contributed by atoms with E-state index in [0.29, 0.717) is 6.54 Å². The number of hydrogen-bond donors (Lipinski definition) is 1. The zero-order chi connectivity index (χ0) is 13.5. The molecule has 0 aromatic carbocycles. The number of hydrogen-bond acceptors (Lipinski definition) is 2. The fourth-order valence-corrected chi connectivity index (χ4v) is 2.48. The van der Waals surface area contributed by atoms with Gasteiger partial charge in [-0.3, -0.25) is 0 Å². The van der Waals surface area contributed by atoms with Crippen LogP contribution < -0.4 is 5.32 Å². The first-order valence-electron chi connectivity index (χ1n) is 6.89. The van der Waals surface area contributed by atoms with E-state index in [-0.39, 0.29) is 12.2 Å². The molecule has 1 saturated carbocycles. The summed E-state index contributed by atoms with van der Waals surface area (Å²) in [7, 11) is 0. The van der Waals surface area contributed by atoms with Crippen molar-refractivity contribution in [3.63, 3.8) is 0 Å². The Labute approximate surface area is 107 Å². The monoisotopic (exact) mass is 267 g/mol. The number of alkyl halides is 3. The van der Waals surface area contributed by atoms with Gasteiger partial charge in [-0.25, -0.2) is 0 Å². The third-order valence-corrected chi connectivity index (χ3v) is 3.51. The molecule has 0 aliphatic heterocycles. The van der Waals surface area contributed by atoms with Gasteiger partial charge in [-0.1, -0.05) is 32.6 Å². The van der Waals surface area contributed by atoms with Crippen molar-refractivity contribution in [2.45, 2.75) is 63.6 Å². The van der Waals surface area contributed by atoms with E-state index in [9.17, 15) is 13.2 Å². The first-order valence-corrected chi connectivity index (χ1v) is 6.89. The molecule has 0 spiro atoms. The van der Waals surface area contributed by atoms with Crippen molar-refractivity contribution in [1.29, 1.82) is 0 Å². The molecular weight excluding hydrogens is 243 g/mol. The molecule has 0 atom stereocenters. The van der Waals surface area contributed by atoms with E-state index < -0.39 is 12.6 Å². The van der Waals surface area contributed by atoms with E-state index >= 15 is 0 Å². The first kappa shape index (κ1) is 15.8. The molecule has 0 bridgehead atoms. The van der Waals surface area contributed by atoms with Gasteiger partial charge >= 0.3 is 6.18 Å². The highest BCUT2D eigenvalue weighted by atomic mass is 19.4. The third-order valence-electron chi connectivity index (χ3n) is 3.51. The lowest BCUT2D eigenvalue weighted by Crippen LogP contribution is -2.43. The quantitative estimate of drug-likeness (QED) is 0.742. The Morgan fingerprint density at radius 2 is 1.72 bits per heavy atom. The number of likely N-dealkylation sites (N-methyl/N-ethyl adjacent to an activating group) is 1. The summed E-state index contributed by atoms with van der Waals surface area (Å²) in [6, 6.07) is 0. The molecule has 0 heterocycles. The maximum atomic E-state index is 12.2. The molecule has 2 nitrogen and oxygen atoms in total. The van der Waals surface area contributed by atoms with Gasteiger partial charge in [0.1, 0.15) is 0 Å². The Bertz CT molecular complexity index is 223. The van der Waals surface area contributed by atoms with Crippen LogP contribution in [0.3, 0.4) is 0 Å². The molecule has 5 heteroatoms. The van der Waals surface area contributed by atoms with Gasteiger partial charge in [-0.15, -0.1) is 0 Å². The molecule has 1 fully saturated rings. The molecule has 1 rings (SSSR count). The van der Waals surface area contributed by atoms with E-state index in [4.69, 9.17) is 4.74 Å². The SMILES string of the molecule is CCNCC1(OCCC(F)(F)F)CCCCCC1. The van der Waals surface area contributed by atoms with Crippen LogP contribution >= 0.6 is 0 Å². The van der Waals surface area contributed by atoms with Crippen molar-refractivity contribution in [3.05, 3.63) is 0 Å². The maximum absolute atomic E-state index is 12.2. The summed E-state index contributed by atoms with van der Waals surface area (Å²) in [4.78, 5) is 0. The zero-order valence-corrected chi connectivity index (χ0v) is 11.1. The molecular formula is C13H24F3NO. The normalized spacial score (nSPS) is 20.7. The standard InChI is InChI=1S/C13H24F3NO/c1-2-17-11-12(7-5-3-4-6-8-12)18-10-9-13(14,15)16/h17H,2-11H2,1H3. The minimum atomic E-state index is -4.12. The highest BCUT2D eigenvalue weighted by molar-refractivity contribution is 4.85. The van der Waals surface area contributed by atoms with Gasteiger partial charge in [-0.2, -0.15) is 13.2 Å².